The molecule has 0 aromatic heterocycles. The molecule has 0 bridgehead atoms. The molecule has 0 saturated carbocycles. The van der Waals surface area contributed by atoms with E-state index in [-0.39, 0.29) is 127 Å². The van der Waals surface area contributed by atoms with Crippen LogP contribution in [-0.2, 0) is 80.9 Å². The van der Waals surface area contributed by atoms with Gasteiger partial charge in [-0.2, -0.15) is 25.8 Å². The standard InChI is InChI=1S/C36H37FN2O5S2.C35H35FN2O5S2.C34H32F2N2O5S2/c1-4-26-13-15-27(16-14-26)33-22-36(40)31-23-38(45(41,42)28-17-9-24(2)10-18-28)34(30-7-5-6-8-32(30)37)21-35(31)39(33)46(43,44)29-19-11-25(3)12-20-29;1-23-8-14-26(15-9-23)32-21-35(39)30-22-37(44(40,41)27-16-10-24(2)11-17-27)33(29-6-4-5-7-31(29)36)20-34(30)38(32)45(42,43)28-18-12-25(3)13-19-28;1-22-11-15-24(16-12-22)44(40,41)37-21-28-32(19-31(37)26-7-3-5-9-29(26)35)38(45(42,43)25-17-13-23(2)14-18-25)33(20-34(28)39)27-8-4-6-10-30(27)36/h5-20,31,33-35H,4,21-23H2,1-3H3;4-19,30,32-34H,20-22H2,1-3H3;3-18,28,31-33H,19-21H2,1-2H3/t31-,33+,34+,35+;30-,32+,33+,34+;28-,31+,32+,33+/m111/s1. The molecule has 12 atom stereocenters. The summed E-state index contributed by atoms with van der Waals surface area (Å²) < 4.78 is 242. The number of aryl methyl sites for hydroxylation is 8. The van der Waals surface area contributed by atoms with Gasteiger partial charge in [-0.1, -0.05) is 240 Å². The van der Waals surface area contributed by atoms with E-state index in [9.17, 15) is 64.9 Å². The second-order valence-electron chi connectivity index (χ2n) is 36.0. The first-order valence-corrected chi connectivity index (χ1v) is 53.6. The first-order chi connectivity index (χ1) is 64.7. The Hall–Kier alpha value is -11.2. The lowest BCUT2D eigenvalue weighted by Gasteiger charge is -2.51. The molecule has 6 saturated heterocycles. The number of hydrogen-bond acceptors (Lipinski definition) is 15. The summed E-state index contributed by atoms with van der Waals surface area (Å²) in [4.78, 5) is 42.1. The summed E-state index contributed by atoms with van der Waals surface area (Å²) in [6.45, 7) is 14.1. The molecular weight excluding hydrogens is 1850 g/mol. The van der Waals surface area contributed by atoms with Crippen LogP contribution < -0.4 is 0 Å². The molecule has 0 N–H and O–H groups in total. The van der Waals surface area contributed by atoms with Crippen LogP contribution in [0.4, 0.5) is 17.6 Å². The van der Waals surface area contributed by atoms with E-state index < -0.39 is 156 Å². The van der Waals surface area contributed by atoms with Crippen LogP contribution >= 0.6 is 0 Å². The quantitative estimate of drug-likeness (QED) is 0.0681. The van der Waals surface area contributed by atoms with Gasteiger partial charge in [0.25, 0.3) is 0 Å². The minimum Gasteiger partial charge on any atom is -0.299 e. The van der Waals surface area contributed by atoms with Gasteiger partial charge in [-0.25, -0.2) is 68.1 Å². The molecule has 6 aliphatic rings. The molecule has 0 aliphatic carbocycles. The molecule has 0 spiro atoms. The van der Waals surface area contributed by atoms with Crippen LogP contribution in [0.2, 0.25) is 0 Å². The van der Waals surface area contributed by atoms with Gasteiger partial charge in [0, 0.05) is 97.0 Å². The van der Waals surface area contributed by atoms with Gasteiger partial charge < -0.3 is 0 Å². The zero-order chi connectivity index (χ0) is 97.0. The minimum atomic E-state index is -4.36. The van der Waals surface area contributed by atoms with E-state index in [4.69, 9.17) is 0 Å². The number of sulfonamides is 6. The minimum absolute atomic E-state index is 0.0236. The zero-order valence-electron chi connectivity index (χ0n) is 76.0. The number of fused-ring (bicyclic) bond motifs is 3. The van der Waals surface area contributed by atoms with E-state index in [0.717, 1.165) is 55.2 Å². The predicted octanol–water partition coefficient (Wildman–Crippen LogP) is 18.9. The molecule has 0 amide bonds. The fraction of sp³-hybridized carbons (Fsp3) is 0.286. The number of rotatable bonds is 19. The van der Waals surface area contributed by atoms with E-state index in [0.29, 0.717) is 11.1 Å². The molecule has 708 valence electrons. The Labute approximate surface area is 793 Å². The van der Waals surface area contributed by atoms with Crippen molar-refractivity contribution >= 4 is 77.5 Å². The highest BCUT2D eigenvalue weighted by Gasteiger charge is 2.59. The smallest absolute Gasteiger partial charge is 0.243 e. The highest BCUT2D eigenvalue weighted by molar-refractivity contribution is 7.90. The lowest BCUT2D eigenvalue weighted by molar-refractivity contribution is -0.133. The second kappa shape index (κ2) is 39.4. The molecule has 18 rings (SSSR count). The molecule has 31 heteroatoms. The van der Waals surface area contributed by atoms with Crippen LogP contribution in [0, 0.1) is 89.5 Å². The van der Waals surface area contributed by atoms with Crippen molar-refractivity contribution < 1.29 is 82.5 Å². The van der Waals surface area contributed by atoms with Gasteiger partial charge in [0.15, 0.2) is 0 Å². The summed E-state index contributed by atoms with van der Waals surface area (Å²) in [5.41, 5.74) is 8.98. The SMILES string of the molecule is CCc1ccc([C@@H]2CC(=O)[C@@H]3CN(S(=O)(=O)c4ccc(C)cc4)[C@H](c4ccccc4F)C[C@@H]3N2S(=O)(=O)c2ccc(C)cc2)cc1.Cc1ccc(S(=O)(=O)N2C[C@H]3C(=O)C[C@@H](c4ccccc4F)N(S(=O)(=O)c4ccc(C)cc4)[C@H]3C[C@H]2c2ccccc2F)cc1.Cc1ccc([C@@H]2CC(=O)[C@@H]3CN(S(=O)(=O)c4ccc(C)cc4)[C@H](c4ccccc4F)C[C@@H]3N2S(=O)(=O)c2ccc(C)cc2)cc1. The Kier molecular flexibility index (Phi) is 28.3. The lowest BCUT2D eigenvalue weighted by atomic mass is 9.77. The first-order valence-electron chi connectivity index (χ1n) is 45.0. The number of halogens is 4. The molecule has 12 aromatic rings. The number of ketones is 3. The Balaban J connectivity index is 0.000000148. The molecule has 136 heavy (non-hydrogen) atoms. The van der Waals surface area contributed by atoms with Crippen molar-refractivity contribution in [1.29, 1.82) is 0 Å². The van der Waals surface area contributed by atoms with E-state index in [1.807, 2.05) is 104 Å². The summed E-state index contributed by atoms with van der Waals surface area (Å²) in [5, 5.41) is 0. The molecule has 0 radical (unpaired) electrons. The third-order valence-corrected chi connectivity index (χ3v) is 38.8. The van der Waals surface area contributed by atoms with Gasteiger partial charge >= 0.3 is 0 Å². The van der Waals surface area contributed by atoms with Crippen molar-refractivity contribution in [3.05, 3.63) is 392 Å². The highest BCUT2D eigenvalue weighted by atomic mass is 32.2. The Morgan fingerprint density at radius 2 is 0.449 bits per heavy atom. The van der Waals surface area contributed by atoms with Crippen LogP contribution in [0.1, 0.15) is 160 Å². The number of carbonyl (C=O) groups is 3. The normalized spacial score (nSPS) is 23.0. The summed E-state index contributed by atoms with van der Waals surface area (Å²) in [6, 6.07) is 67.6. The summed E-state index contributed by atoms with van der Waals surface area (Å²) in [7, 11) is -25.4. The molecule has 6 aliphatic heterocycles. The first kappa shape index (κ1) is 97.9. The Bertz CT molecular complexity index is 7250. The van der Waals surface area contributed by atoms with Crippen LogP contribution in [0.15, 0.2) is 321 Å². The Morgan fingerprint density at radius 3 is 0.684 bits per heavy atom. The van der Waals surface area contributed by atoms with E-state index in [1.54, 1.807) is 121 Å². The van der Waals surface area contributed by atoms with Crippen LogP contribution in [0.25, 0.3) is 0 Å². The second-order valence-corrected chi connectivity index (χ2v) is 47.2. The van der Waals surface area contributed by atoms with E-state index >= 15 is 17.6 Å². The van der Waals surface area contributed by atoms with Gasteiger partial charge in [-0.05, 0) is 188 Å². The fourth-order valence-corrected chi connectivity index (χ4v) is 30.3. The summed E-state index contributed by atoms with van der Waals surface area (Å²) in [6.07, 6.45) is -0.199. The van der Waals surface area contributed by atoms with Gasteiger partial charge in [0.1, 0.15) is 40.6 Å². The number of carbonyl (C=O) groups excluding carboxylic acids is 3. The number of hydrogen-bond donors (Lipinski definition) is 0. The monoisotopic (exact) mass is 1960 g/mol. The molecule has 12 aromatic carbocycles. The number of nitrogens with zero attached hydrogens (tertiary/aromatic N) is 6. The predicted molar refractivity (Wildman–Crippen MR) is 509 cm³/mol. The molecular formula is C105H104F4N6O15S6. The van der Waals surface area contributed by atoms with Crippen molar-refractivity contribution in [2.45, 2.75) is 184 Å². The third-order valence-electron chi connectivity index (χ3n) is 27.3. The molecule has 6 heterocycles. The van der Waals surface area contributed by atoms with Crippen molar-refractivity contribution in [1.82, 2.24) is 25.8 Å². The van der Waals surface area contributed by atoms with E-state index in [1.165, 1.54) is 143 Å². The van der Waals surface area contributed by atoms with Crippen molar-refractivity contribution in [2.75, 3.05) is 19.6 Å². The summed E-state index contributed by atoms with van der Waals surface area (Å²) >= 11 is 0. The average Bonchev–Trinajstić information content (AvgIpc) is 0.722. The van der Waals surface area contributed by atoms with Crippen molar-refractivity contribution in [2.24, 2.45) is 17.8 Å². The number of Topliss-reactive ketones (excluding diaryl/α,β-unsaturated/α-hetero) is 3. The van der Waals surface area contributed by atoms with Gasteiger partial charge in [0.05, 0.1) is 65.6 Å². The lowest BCUT2D eigenvalue weighted by Crippen LogP contribution is -2.61. The van der Waals surface area contributed by atoms with Crippen LogP contribution in [-0.4, -0.2) is 131 Å². The van der Waals surface area contributed by atoms with Crippen molar-refractivity contribution in [3.63, 3.8) is 0 Å². The largest absolute Gasteiger partial charge is 0.299 e. The Morgan fingerprint density at radius 1 is 0.250 bits per heavy atom. The zero-order valence-corrected chi connectivity index (χ0v) is 80.9. The maximum absolute atomic E-state index is 15.5. The fourth-order valence-electron chi connectivity index (χ4n) is 19.9. The maximum atomic E-state index is 15.5. The average molecular weight is 1960 g/mol. The van der Waals surface area contributed by atoms with Gasteiger partial charge in [-0.3, -0.25) is 14.4 Å². The van der Waals surface area contributed by atoms with Gasteiger partial charge in [0.2, 0.25) is 60.1 Å². The third kappa shape index (κ3) is 19.4. The van der Waals surface area contributed by atoms with E-state index in [2.05, 4.69) is 0 Å². The highest BCUT2D eigenvalue weighted by Crippen LogP contribution is 2.54. The molecule has 21 nitrogen and oxygen atoms in total. The van der Waals surface area contributed by atoms with Crippen LogP contribution in [0.3, 0.4) is 0 Å². The number of benzene rings is 12. The van der Waals surface area contributed by atoms with Crippen molar-refractivity contribution in [3.8, 4) is 0 Å². The summed E-state index contributed by atoms with van der Waals surface area (Å²) in [5.74, 6) is -6.33. The maximum Gasteiger partial charge on any atom is 0.243 e. The number of piperidine rings is 6. The molecule has 0 unspecified atom stereocenters. The topological polar surface area (TPSA) is 275 Å². The van der Waals surface area contributed by atoms with Crippen LogP contribution in [0.5, 0.6) is 0 Å². The molecule has 6 fully saturated rings. The van der Waals surface area contributed by atoms with Gasteiger partial charge in [-0.15, -0.1) is 0 Å².